The fourth-order valence-electron chi connectivity index (χ4n) is 5.82. The summed E-state index contributed by atoms with van der Waals surface area (Å²) in [6, 6.07) is 9.42. The zero-order valence-corrected chi connectivity index (χ0v) is 28.4. The summed E-state index contributed by atoms with van der Waals surface area (Å²) in [5, 5.41) is 6.96. The van der Waals surface area contributed by atoms with Crippen LogP contribution in [0.3, 0.4) is 0 Å². The lowest BCUT2D eigenvalue weighted by Gasteiger charge is -2.30. The molecule has 2 aromatic rings. The van der Waals surface area contributed by atoms with Crippen molar-refractivity contribution >= 4 is 54.9 Å². The van der Waals surface area contributed by atoms with Crippen molar-refractivity contribution in [2.75, 3.05) is 32.1 Å². The van der Waals surface area contributed by atoms with E-state index in [1.165, 1.54) is 23.1 Å². The van der Waals surface area contributed by atoms with Gasteiger partial charge in [0, 0.05) is 35.8 Å². The number of sulfone groups is 1. The van der Waals surface area contributed by atoms with Gasteiger partial charge < -0.3 is 20.3 Å². The lowest BCUT2D eigenvalue weighted by Crippen LogP contribution is -2.53. The average molecular weight is 704 g/mol. The highest BCUT2D eigenvalue weighted by Gasteiger charge is 2.42. The number of carbonyl (C=O) groups excluding carboxylic acids is 2. The van der Waals surface area contributed by atoms with Crippen LogP contribution in [-0.4, -0.2) is 83.9 Å². The molecule has 3 N–H and O–H groups in total. The van der Waals surface area contributed by atoms with Gasteiger partial charge in [-0.25, -0.2) is 21.6 Å². The van der Waals surface area contributed by atoms with Gasteiger partial charge >= 0.3 is 0 Å². The molecule has 2 aliphatic heterocycles. The fourth-order valence-corrected chi connectivity index (χ4v) is 7.80. The number of nitrogens with one attached hydrogen (secondary N) is 3. The van der Waals surface area contributed by atoms with E-state index in [-0.39, 0.29) is 37.4 Å². The second-order valence-electron chi connectivity index (χ2n) is 11.8. The van der Waals surface area contributed by atoms with Crippen molar-refractivity contribution in [3.8, 4) is 0 Å². The van der Waals surface area contributed by atoms with Crippen molar-refractivity contribution in [2.24, 2.45) is 5.92 Å². The molecule has 2 aliphatic rings. The van der Waals surface area contributed by atoms with Crippen LogP contribution in [0.15, 0.2) is 47.4 Å². The van der Waals surface area contributed by atoms with Crippen molar-refractivity contribution in [1.29, 1.82) is 0 Å². The summed E-state index contributed by atoms with van der Waals surface area (Å²) >= 11 is 12.1. The second kappa shape index (κ2) is 15.6. The maximum atomic E-state index is 14.0. The molecule has 15 heteroatoms. The molecule has 2 aromatic carbocycles. The number of piperidine rings is 1. The molecule has 2 amide bonds. The maximum Gasteiger partial charge on any atom is 0.243 e. The lowest BCUT2D eigenvalue weighted by atomic mass is 9.91. The Labute approximate surface area is 275 Å². The highest BCUT2D eigenvalue weighted by Crippen LogP contribution is 2.27. The second-order valence-corrected chi connectivity index (χ2v) is 16.4. The number of hydrogen-bond donors (Lipinski definition) is 3. The van der Waals surface area contributed by atoms with Gasteiger partial charge in [0.2, 0.25) is 21.8 Å². The minimum Gasteiger partial charge on any atom is -0.372 e. The number of nitrogens with zero attached hydrogens (tertiary/aromatic N) is 1. The Kier molecular flexibility index (Phi) is 12.3. The molecule has 0 saturated carbocycles. The monoisotopic (exact) mass is 702 g/mol. The Bertz CT molecular complexity index is 1570. The van der Waals surface area contributed by atoms with Crippen molar-refractivity contribution in [3.05, 3.63) is 63.6 Å². The molecule has 0 aromatic heterocycles. The molecule has 0 spiro atoms. The molecule has 2 saturated heterocycles. The third kappa shape index (κ3) is 10.6. The summed E-state index contributed by atoms with van der Waals surface area (Å²) < 4.78 is 57.9. The predicted molar refractivity (Wildman–Crippen MR) is 173 cm³/mol. The molecule has 0 aliphatic carbocycles. The molecule has 2 fully saturated rings. The molecule has 45 heavy (non-hydrogen) atoms. The number of benzene rings is 2. The van der Waals surface area contributed by atoms with Crippen LogP contribution in [0.25, 0.3) is 0 Å². The smallest absolute Gasteiger partial charge is 0.243 e. The first-order valence-electron chi connectivity index (χ1n) is 14.8. The molecule has 2 heterocycles. The third-order valence-corrected chi connectivity index (χ3v) is 10.5. The zero-order valence-electron chi connectivity index (χ0n) is 25.3. The van der Waals surface area contributed by atoms with Crippen LogP contribution in [0.2, 0.25) is 10.0 Å². The molecule has 248 valence electrons. The van der Waals surface area contributed by atoms with E-state index in [1.807, 2.05) is 12.1 Å². The summed E-state index contributed by atoms with van der Waals surface area (Å²) in [5.74, 6) is -0.665. The average Bonchev–Trinajstić information content (AvgIpc) is 3.41. The van der Waals surface area contributed by atoms with Gasteiger partial charge in [-0.05, 0) is 86.1 Å². The first-order valence-corrected chi connectivity index (χ1v) is 19.3. The van der Waals surface area contributed by atoms with E-state index in [0.29, 0.717) is 27.9 Å². The number of amides is 2. The van der Waals surface area contributed by atoms with E-state index in [4.69, 9.17) is 27.9 Å². The predicted octanol–water partition coefficient (Wildman–Crippen LogP) is 2.90. The summed E-state index contributed by atoms with van der Waals surface area (Å²) in [4.78, 5) is 29.1. The normalized spacial score (nSPS) is 20.2. The van der Waals surface area contributed by atoms with Crippen LogP contribution in [0.5, 0.6) is 0 Å². The van der Waals surface area contributed by atoms with Crippen LogP contribution >= 0.6 is 23.2 Å². The van der Waals surface area contributed by atoms with Gasteiger partial charge in [0.25, 0.3) is 0 Å². The molecular formula is C30H40Cl2N4O7S2. The Morgan fingerprint density at radius 1 is 1.02 bits per heavy atom. The van der Waals surface area contributed by atoms with E-state index in [0.717, 1.165) is 44.0 Å². The largest absolute Gasteiger partial charge is 0.372 e. The Morgan fingerprint density at radius 3 is 2.33 bits per heavy atom. The molecule has 4 rings (SSSR count). The molecular weight excluding hydrogens is 663 g/mol. The van der Waals surface area contributed by atoms with Crippen LogP contribution in [-0.2, 0) is 47.3 Å². The lowest BCUT2D eigenvalue weighted by molar-refractivity contribution is -0.140. The van der Waals surface area contributed by atoms with E-state index < -0.39 is 49.9 Å². The topological polar surface area (TPSA) is 151 Å². The molecule has 11 nitrogen and oxygen atoms in total. The van der Waals surface area contributed by atoms with Crippen LogP contribution in [0.4, 0.5) is 0 Å². The van der Waals surface area contributed by atoms with Crippen LogP contribution in [0, 0.1) is 5.92 Å². The highest BCUT2D eigenvalue weighted by atomic mass is 35.5. The number of rotatable bonds is 13. The van der Waals surface area contributed by atoms with E-state index in [1.54, 1.807) is 12.1 Å². The summed E-state index contributed by atoms with van der Waals surface area (Å²) in [6.07, 6.45) is 4.56. The number of likely N-dealkylation sites (tertiary alicyclic amines) is 1. The van der Waals surface area contributed by atoms with Crippen molar-refractivity contribution in [2.45, 2.75) is 68.3 Å². The first-order chi connectivity index (χ1) is 21.2. The third-order valence-electron chi connectivity index (χ3n) is 8.10. The van der Waals surface area contributed by atoms with Gasteiger partial charge in [-0.3, -0.25) is 9.59 Å². The SMILES string of the molecule is CS(=O)(=O)N[C@H](CCC1CCNCC1)C(=O)N1C[C@H](OCc2ccc(Cl)cc2)C[C@H]1C(=O)NCc1cc(Cl)ccc1S(C)(=O)=O. The number of carbonyl (C=O) groups is 2. The van der Waals surface area contributed by atoms with Gasteiger partial charge in [0.15, 0.2) is 9.84 Å². The Hall–Kier alpha value is -2.26. The molecule has 3 atom stereocenters. The molecule has 0 unspecified atom stereocenters. The zero-order chi connectivity index (χ0) is 32.8. The van der Waals surface area contributed by atoms with Gasteiger partial charge in [-0.15, -0.1) is 0 Å². The number of hydrogen-bond acceptors (Lipinski definition) is 8. The Balaban J connectivity index is 1.54. The van der Waals surface area contributed by atoms with Crippen molar-refractivity contribution < 1.29 is 31.2 Å². The van der Waals surface area contributed by atoms with Crippen LogP contribution < -0.4 is 15.4 Å². The fraction of sp³-hybridized carbons (Fsp3) is 0.533. The van der Waals surface area contributed by atoms with E-state index in [2.05, 4.69) is 15.4 Å². The highest BCUT2D eigenvalue weighted by molar-refractivity contribution is 7.90. The number of sulfonamides is 1. The van der Waals surface area contributed by atoms with E-state index >= 15 is 0 Å². The maximum absolute atomic E-state index is 14.0. The van der Waals surface area contributed by atoms with Gasteiger partial charge in [0.1, 0.15) is 12.1 Å². The summed E-state index contributed by atoms with van der Waals surface area (Å²) in [7, 11) is -7.35. The molecule has 0 bridgehead atoms. The van der Waals surface area contributed by atoms with Crippen LogP contribution in [0.1, 0.15) is 43.2 Å². The number of ether oxygens (including phenoxy) is 1. The van der Waals surface area contributed by atoms with Gasteiger partial charge in [0.05, 0.1) is 23.9 Å². The minimum atomic E-state index is -3.74. The standard InChI is InChI=1S/C30H40Cl2N4O7S2/c1-44(39,40)28-10-8-24(32)15-22(28)17-34-29(37)27-16-25(43-19-21-3-6-23(31)7-4-21)18-36(27)30(38)26(35-45(2,41)42)9-5-20-11-13-33-14-12-20/h3-4,6-8,10,15,20,25-27,33,35H,5,9,11-14,16-19H2,1-2H3,(H,34,37)/t25-,26-,27+/m1/s1. The number of halogens is 2. The quantitative estimate of drug-likeness (QED) is 0.288. The van der Waals surface area contributed by atoms with Crippen molar-refractivity contribution in [3.63, 3.8) is 0 Å². The summed E-state index contributed by atoms with van der Waals surface area (Å²) in [5.41, 5.74) is 1.17. The summed E-state index contributed by atoms with van der Waals surface area (Å²) in [6.45, 7) is 1.90. The minimum absolute atomic E-state index is 0.0334. The van der Waals surface area contributed by atoms with Gasteiger partial charge in [-0.2, -0.15) is 0 Å². The van der Waals surface area contributed by atoms with Crippen molar-refractivity contribution in [1.82, 2.24) is 20.3 Å². The Morgan fingerprint density at radius 2 is 1.69 bits per heavy atom. The first kappa shape index (κ1) is 35.6. The van der Waals surface area contributed by atoms with E-state index in [9.17, 15) is 26.4 Å². The van der Waals surface area contributed by atoms with Gasteiger partial charge in [-0.1, -0.05) is 35.3 Å². The molecule has 0 radical (unpaired) electrons.